The summed E-state index contributed by atoms with van der Waals surface area (Å²) in [6, 6.07) is 0.688. The molecule has 1 N–H and O–H groups in total. The van der Waals surface area contributed by atoms with Gasteiger partial charge < -0.3 is 14.8 Å². The van der Waals surface area contributed by atoms with E-state index in [-0.39, 0.29) is 6.10 Å². The quantitative estimate of drug-likeness (QED) is 0.906. The highest BCUT2D eigenvalue weighted by atomic mass is 16.5. The largest absolute Gasteiger partial charge is 0.381 e. The van der Waals surface area contributed by atoms with Crippen LogP contribution in [0.1, 0.15) is 55.9 Å². The molecule has 3 aliphatic rings. The lowest BCUT2D eigenvalue weighted by atomic mass is 10.0. The van der Waals surface area contributed by atoms with Gasteiger partial charge in [-0.3, -0.25) is 4.68 Å². The lowest BCUT2D eigenvalue weighted by molar-refractivity contribution is 0.0373. The summed E-state index contributed by atoms with van der Waals surface area (Å²) in [7, 11) is 0. The first-order valence-electron chi connectivity index (χ1n) is 9.37. The minimum absolute atomic E-state index is 0.135. The highest BCUT2D eigenvalue weighted by Gasteiger charge is 2.26. The highest BCUT2D eigenvalue weighted by molar-refractivity contribution is 5.22. The molecule has 0 radical (unpaired) electrons. The number of ether oxygens (including phenoxy) is 2. The zero-order valence-corrected chi connectivity index (χ0v) is 14.0. The molecule has 0 spiro atoms. The van der Waals surface area contributed by atoms with Crippen LogP contribution in [0, 0.1) is 5.92 Å². The molecule has 0 bridgehead atoms. The van der Waals surface area contributed by atoms with Crippen molar-refractivity contribution in [3.05, 3.63) is 17.5 Å². The third-order valence-corrected chi connectivity index (χ3v) is 5.60. The summed E-state index contributed by atoms with van der Waals surface area (Å²) in [5, 5.41) is 8.57. The molecule has 1 saturated carbocycles. The van der Waals surface area contributed by atoms with E-state index in [1.807, 2.05) is 0 Å². The molecular formula is C18H29N3O2. The van der Waals surface area contributed by atoms with E-state index >= 15 is 0 Å². The van der Waals surface area contributed by atoms with Crippen molar-refractivity contribution in [1.29, 1.82) is 0 Å². The molecule has 5 heteroatoms. The number of fused-ring (bicyclic) bond motifs is 1. The van der Waals surface area contributed by atoms with Gasteiger partial charge in [0.25, 0.3) is 0 Å². The molecule has 2 aliphatic heterocycles. The summed E-state index contributed by atoms with van der Waals surface area (Å²) in [6.07, 6.45) is 11.1. The summed E-state index contributed by atoms with van der Waals surface area (Å²) in [5.41, 5.74) is 2.57. The van der Waals surface area contributed by atoms with Crippen LogP contribution in [0.4, 0.5) is 0 Å². The minimum Gasteiger partial charge on any atom is -0.381 e. The lowest BCUT2D eigenvalue weighted by Crippen LogP contribution is -2.33. The molecule has 128 valence electrons. The van der Waals surface area contributed by atoms with Gasteiger partial charge in [0.2, 0.25) is 0 Å². The zero-order valence-electron chi connectivity index (χ0n) is 14.0. The number of nitrogens with zero attached hydrogens (tertiary/aromatic N) is 2. The molecule has 4 rings (SSSR count). The molecule has 1 aliphatic carbocycles. The number of hydrogen-bond donors (Lipinski definition) is 1. The predicted octanol–water partition coefficient (Wildman–Crippen LogP) is 2.46. The van der Waals surface area contributed by atoms with Crippen LogP contribution >= 0.6 is 0 Å². The van der Waals surface area contributed by atoms with Crippen molar-refractivity contribution >= 4 is 0 Å². The Labute approximate surface area is 138 Å². The molecular weight excluding hydrogens is 290 g/mol. The van der Waals surface area contributed by atoms with Crippen LogP contribution in [0.2, 0.25) is 0 Å². The summed E-state index contributed by atoms with van der Waals surface area (Å²) in [6.45, 7) is 4.57. The van der Waals surface area contributed by atoms with Crippen LogP contribution in [0.25, 0.3) is 0 Å². The number of hydrogen-bond acceptors (Lipinski definition) is 4. The second kappa shape index (κ2) is 7.32. The van der Waals surface area contributed by atoms with Gasteiger partial charge in [-0.15, -0.1) is 0 Å². The van der Waals surface area contributed by atoms with Crippen LogP contribution in [0.3, 0.4) is 0 Å². The molecule has 1 aromatic rings. The first-order valence-corrected chi connectivity index (χ1v) is 9.37. The van der Waals surface area contributed by atoms with Gasteiger partial charge in [0.05, 0.1) is 12.3 Å². The van der Waals surface area contributed by atoms with Crippen molar-refractivity contribution in [1.82, 2.24) is 15.1 Å². The normalized spacial score (nSPS) is 26.5. The van der Waals surface area contributed by atoms with Crippen molar-refractivity contribution in [2.24, 2.45) is 5.92 Å². The molecule has 23 heavy (non-hydrogen) atoms. The monoisotopic (exact) mass is 319 g/mol. The Hall–Kier alpha value is -0.910. The summed E-state index contributed by atoms with van der Waals surface area (Å²) in [4.78, 5) is 0. The number of nitrogens with one attached hydrogen (secondary N) is 1. The molecule has 0 unspecified atom stereocenters. The fourth-order valence-corrected chi connectivity index (χ4v) is 4.18. The number of rotatable bonds is 5. The fraction of sp³-hybridized carbons (Fsp3) is 0.833. The van der Waals surface area contributed by atoms with Crippen molar-refractivity contribution in [3.63, 3.8) is 0 Å². The summed E-state index contributed by atoms with van der Waals surface area (Å²) < 4.78 is 13.6. The fourth-order valence-electron chi connectivity index (χ4n) is 4.18. The third kappa shape index (κ3) is 3.78. The highest BCUT2D eigenvalue weighted by Crippen LogP contribution is 2.27. The Morgan fingerprint density at radius 1 is 1.13 bits per heavy atom. The first kappa shape index (κ1) is 15.6. The second-order valence-electron chi connectivity index (χ2n) is 7.32. The zero-order chi connectivity index (χ0) is 15.5. The molecule has 2 fully saturated rings. The van der Waals surface area contributed by atoms with Gasteiger partial charge in [-0.1, -0.05) is 12.8 Å². The molecule has 0 amide bonds. The second-order valence-corrected chi connectivity index (χ2v) is 7.32. The van der Waals surface area contributed by atoms with E-state index in [1.54, 1.807) is 0 Å². The Morgan fingerprint density at radius 3 is 2.78 bits per heavy atom. The average molecular weight is 319 g/mol. The van der Waals surface area contributed by atoms with Gasteiger partial charge in [-0.25, -0.2) is 0 Å². The van der Waals surface area contributed by atoms with Crippen molar-refractivity contribution < 1.29 is 9.47 Å². The van der Waals surface area contributed by atoms with Crippen LogP contribution in [-0.2, 0) is 22.4 Å². The van der Waals surface area contributed by atoms with Crippen molar-refractivity contribution in [3.8, 4) is 0 Å². The third-order valence-electron chi connectivity index (χ3n) is 5.60. The number of aromatic nitrogens is 2. The van der Waals surface area contributed by atoms with E-state index in [1.165, 1.54) is 36.9 Å². The van der Waals surface area contributed by atoms with E-state index in [4.69, 9.17) is 14.6 Å². The van der Waals surface area contributed by atoms with Gasteiger partial charge in [0, 0.05) is 38.5 Å². The Morgan fingerprint density at radius 2 is 1.96 bits per heavy atom. The first-order chi connectivity index (χ1) is 11.4. The standard InChI is InChI=1S/C18H29N3O2/c1-2-4-16(3-1)19-11-17-18-15(7-10-23-17)13-21(20-18)12-14-5-8-22-9-6-14/h13-14,16-17,19H,1-12H2/t17-/m1/s1. The van der Waals surface area contributed by atoms with Crippen LogP contribution in [-0.4, -0.2) is 42.2 Å². The van der Waals surface area contributed by atoms with Crippen LogP contribution in [0.5, 0.6) is 0 Å². The summed E-state index contributed by atoms with van der Waals surface area (Å²) >= 11 is 0. The Bertz CT molecular complexity index is 504. The maximum absolute atomic E-state index is 6.01. The van der Waals surface area contributed by atoms with E-state index in [0.29, 0.717) is 12.0 Å². The summed E-state index contributed by atoms with van der Waals surface area (Å²) in [5.74, 6) is 0.709. The molecule has 3 heterocycles. The van der Waals surface area contributed by atoms with Gasteiger partial charge in [0.1, 0.15) is 6.10 Å². The van der Waals surface area contributed by atoms with E-state index in [9.17, 15) is 0 Å². The van der Waals surface area contributed by atoms with Gasteiger partial charge in [0.15, 0.2) is 0 Å². The predicted molar refractivity (Wildman–Crippen MR) is 88.4 cm³/mol. The van der Waals surface area contributed by atoms with E-state index < -0.39 is 0 Å². The molecule has 1 saturated heterocycles. The Balaban J connectivity index is 1.38. The van der Waals surface area contributed by atoms with E-state index in [2.05, 4.69) is 16.2 Å². The minimum atomic E-state index is 0.135. The smallest absolute Gasteiger partial charge is 0.114 e. The topological polar surface area (TPSA) is 48.3 Å². The maximum Gasteiger partial charge on any atom is 0.114 e. The Kier molecular flexibility index (Phi) is 4.97. The molecule has 0 aromatic carbocycles. The van der Waals surface area contributed by atoms with E-state index in [0.717, 1.165) is 52.2 Å². The van der Waals surface area contributed by atoms with Gasteiger partial charge >= 0.3 is 0 Å². The average Bonchev–Trinajstić information content (AvgIpc) is 3.23. The van der Waals surface area contributed by atoms with Crippen LogP contribution < -0.4 is 5.32 Å². The molecule has 5 nitrogen and oxygen atoms in total. The van der Waals surface area contributed by atoms with Crippen molar-refractivity contribution in [2.45, 2.75) is 63.6 Å². The van der Waals surface area contributed by atoms with Gasteiger partial charge in [-0.05, 0) is 43.6 Å². The lowest BCUT2D eigenvalue weighted by Gasteiger charge is -2.24. The van der Waals surface area contributed by atoms with Crippen LogP contribution in [0.15, 0.2) is 6.20 Å². The molecule has 1 atom stereocenters. The SMILES string of the molecule is c1c2c(nn1CC1CCOCC1)[C@@H](CNC1CCCC1)OCC2. The van der Waals surface area contributed by atoms with Gasteiger partial charge in [-0.2, -0.15) is 5.10 Å². The maximum atomic E-state index is 6.01. The van der Waals surface area contributed by atoms with Crippen molar-refractivity contribution in [2.75, 3.05) is 26.4 Å². The molecule has 1 aromatic heterocycles.